The summed E-state index contributed by atoms with van der Waals surface area (Å²) in [4.78, 5) is 118. The summed E-state index contributed by atoms with van der Waals surface area (Å²) in [6, 6.07) is 6.14. The molecule has 11 atom stereocenters. The van der Waals surface area contributed by atoms with Gasteiger partial charge in [0.2, 0.25) is 23.6 Å². The van der Waals surface area contributed by atoms with Gasteiger partial charge in [0.15, 0.2) is 18.4 Å². The van der Waals surface area contributed by atoms with Gasteiger partial charge in [-0.2, -0.15) is 0 Å². The van der Waals surface area contributed by atoms with Crippen molar-refractivity contribution in [1.82, 2.24) is 31.2 Å². The smallest absolute Gasteiger partial charge is 0.409 e. The molecule has 4 heterocycles. The predicted octanol–water partition coefficient (Wildman–Crippen LogP) is 6.63. The molecule has 3 aliphatic rings. The van der Waals surface area contributed by atoms with E-state index in [4.69, 9.17) is 45.8 Å². The molecule has 3 aliphatic heterocycles. The molecule has 512 valence electrons. The minimum Gasteiger partial charge on any atom is -0.495 e. The molecule has 2 aromatic carbocycles. The van der Waals surface area contributed by atoms with Crippen LogP contribution in [0.2, 0.25) is 5.02 Å². The third-order valence-corrected chi connectivity index (χ3v) is 19.5. The number of hydrogen-bond donors (Lipinski definition) is 8. The topological polar surface area (TPSA) is 341 Å². The summed E-state index contributed by atoms with van der Waals surface area (Å²) in [5, 5.41) is 36.5. The molecule has 25 nitrogen and oxygen atoms in total. The van der Waals surface area contributed by atoms with Crippen LogP contribution in [0.15, 0.2) is 66.4 Å². The molecule has 0 radical (unpaired) electrons. The predicted molar refractivity (Wildman–Crippen MR) is 357 cm³/mol. The number of anilines is 2. The number of carbonyl (C=O) groups excluding carboxylic acids is 8. The largest absolute Gasteiger partial charge is 0.495 e. The number of benzene rings is 2. The van der Waals surface area contributed by atoms with Crippen molar-refractivity contribution < 1.29 is 77.0 Å². The molecular weight excluding hydrogens is 1360 g/mol. The molecule has 28 heteroatoms. The van der Waals surface area contributed by atoms with Gasteiger partial charge in [0, 0.05) is 62.2 Å². The lowest BCUT2D eigenvalue weighted by Crippen LogP contribution is -2.63. The number of aliphatic hydroxyl groups excluding tert-OH is 1. The van der Waals surface area contributed by atoms with Crippen molar-refractivity contribution >= 4 is 114 Å². The standard InChI is InChI=1S/C65H90Br2ClN9O16/c1-36(2)53(74-50(79)22-13-14-25-62(6,7)93-64(33-66,34-67)35-78)57(82)73-44(20-17-27-71-60(69)85)56(81)72-43-24-23-42(54-41(43)19-16-26-70-54)58(83)76(9)39(5)59(84)91-49-31-51(80)77(10)45-29-40(30-46(88-11)52(45)68)28-37(3)18-15-21-48(89-12)65(87)32-47(90-61(86)75-65)38(4)55-63(49,8)92-55/h15-16,18-19,21,23-24,26,29-30,35-36,38-39,44,47-49,53,55,60,71,85,87H,13-14,17,20,22,25,27-28,31-34,69H2,1-12H3,(H,72,81)(H,73,82)(H,74,79)(H,75,86)/b21-15+,37-18+/t38-,39+,44+,47+,48-,49+,53+,55+,60?,63+,65+/m1/s1. The maximum Gasteiger partial charge on any atom is 0.409 e. The summed E-state index contributed by atoms with van der Waals surface area (Å²) in [6.07, 6.45) is 2.85. The lowest BCUT2D eigenvalue weighted by atomic mass is 9.83. The number of unbranched alkanes of at least 4 members (excludes halogenated alkanes) is 1. The number of likely N-dealkylation sites (N-methyl/N-ethyl adjacent to an activating group) is 1. The van der Waals surface area contributed by atoms with Gasteiger partial charge in [0.25, 0.3) is 5.91 Å². The average molecular weight is 1450 g/mol. The van der Waals surface area contributed by atoms with Gasteiger partial charge in [-0.15, -0.1) is 0 Å². The second kappa shape index (κ2) is 33.0. The SMILES string of the molecule is COc1cc2cc(c1Cl)N(C)C(=O)C[C@H](OC(=O)[C@H](C)N(C)C(=O)c1ccc(NC(=O)[C@H](CCCNC(N)O)NC(=O)[C@@H](NC(=O)CCCCC(C)(C)OC(C=O)(CBr)CBr)C(C)C)c3cccnc13)[C@]1(C)O[C@H]1[C@H](C)[C@@H]1C[C@@](O)(NC(=O)O1)[C@H](OC)/C=C/C=C(\C)C2. The highest BCUT2D eigenvalue weighted by molar-refractivity contribution is 9.10. The number of allylic oxidation sites excluding steroid dienone is 3. The molecule has 93 heavy (non-hydrogen) atoms. The molecule has 2 saturated heterocycles. The zero-order valence-electron chi connectivity index (χ0n) is 54.8. The third kappa shape index (κ3) is 19.3. The minimum atomic E-state index is -1.93. The Bertz CT molecular complexity index is 3260. The van der Waals surface area contributed by atoms with Gasteiger partial charge in [0.1, 0.15) is 58.4 Å². The van der Waals surface area contributed by atoms with Crippen LogP contribution in [-0.2, 0) is 58.9 Å². The van der Waals surface area contributed by atoms with Crippen molar-refractivity contribution in [3.63, 3.8) is 0 Å². The highest BCUT2D eigenvalue weighted by Gasteiger charge is 2.64. The van der Waals surface area contributed by atoms with Gasteiger partial charge in [-0.3, -0.25) is 45.3 Å². The highest BCUT2D eigenvalue weighted by Crippen LogP contribution is 2.49. The summed E-state index contributed by atoms with van der Waals surface area (Å²) in [6.45, 7) is 14.2. The molecule has 9 N–H and O–H groups in total. The number of carbonyl (C=O) groups is 8. The molecule has 3 aromatic rings. The molecule has 1 aromatic heterocycles. The Balaban J connectivity index is 1.21. The van der Waals surface area contributed by atoms with Crippen LogP contribution in [0.25, 0.3) is 10.9 Å². The number of fused-ring (bicyclic) bond motifs is 6. The van der Waals surface area contributed by atoms with Crippen molar-refractivity contribution in [3.8, 4) is 5.75 Å². The first-order chi connectivity index (χ1) is 43.8. The molecule has 0 aliphatic carbocycles. The quantitative estimate of drug-likeness (QED) is 0.00991. The first-order valence-electron chi connectivity index (χ1n) is 30.9. The minimum absolute atomic E-state index is 0.0387. The number of aldehydes is 1. The number of nitrogens with two attached hydrogens (primary N) is 1. The van der Waals surface area contributed by atoms with Crippen LogP contribution in [0.4, 0.5) is 16.2 Å². The number of pyridine rings is 1. The molecule has 1 unspecified atom stereocenters. The number of hydrogen-bond acceptors (Lipinski definition) is 19. The van der Waals surface area contributed by atoms with Crippen LogP contribution in [0, 0.1) is 11.8 Å². The Morgan fingerprint density at radius 2 is 1.76 bits per heavy atom. The maximum absolute atomic E-state index is 14.7. The Kier molecular flexibility index (Phi) is 26.9. The van der Waals surface area contributed by atoms with E-state index in [1.54, 1.807) is 64.1 Å². The van der Waals surface area contributed by atoms with E-state index in [1.807, 2.05) is 26.8 Å². The number of rotatable bonds is 27. The summed E-state index contributed by atoms with van der Waals surface area (Å²) in [5.41, 5.74) is 2.79. The number of epoxide rings is 1. The van der Waals surface area contributed by atoms with Gasteiger partial charge in [-0.05, 0) is 121 Å². The fourth-order valence-electron chi connectivity index (χ4n) is 11.5. The van der Waals surface area contributed by atoms with E-state index in [1.165, 1.54) is 58.5 Å². The van der Waals surface area contributed by atoms with Crippen molar-refractivity contribution in [2.24, 2.45) is 17.6 Å². The number of methoxy groups -OCH3 is 2. The second-order valence-electron chi connectivity index (χ2n) is 25.3. The van der Waals surface area contributed by atoms with Gasteiger partial charge >= 0.3 is 12.1 Å². The Morgan fingerprint density at radius 1 is 1.05 bits per heavy atom. The fraction of sp³-hybridized carbons (Fsp3) is 0.585. The number of halogens is 3. The van der Waals surface area contributed by atoms with Gasteiger partial charge in [-0.1, -0.05) is 94.5 Å². The fourth-order valence-corrected chi connectivity index (χ4v) is 13.3. The van der Waals surface area contributed by atoms with Gasteiger partial charge in [-0.25, -0.2) is 9.59 Å². The Hall–Kier alpha value is -6.14. The van der Waals surface area contributed by atoms with Crippen molar-refractivity contribution in [2.45, 2.75) is 185 Å². The molecule has 0 saturated carbocycles. The van der Waals surface area contributed by atoms with E-state index >= 15 is 0 Å². The normalized spacial score (nSPS) is 24.1. The first-order valence-corrected chi connectivity index (χ1v) is 33.5. The molecular formula is C65H90Br2ClN9O16. The highest BCUT2D eigenvalue weighted by atomic mass is 79.9. The number of ether oxygens (including phenoxy) is 6. The molecule has 2 fully saturated rings. The number of amides is 6. The van der Waals surface area contributed by atoms with Crippen LogP contribution in [0.1, 0.15) is 123 Å². The van der Waals surface area contributed by atoms with Gasteiger partial charge < -0.3 is 69.2 Å². The number of aromatic nitrogens is 1. The van der Waals surface area contributed by atoms with Crippen LogP contribution in [0.3, 0.4) is 0 Å². The van der Waals surface area contributed by atoms with Crippen molar-refractivity contribution in [3.05, 3.63) is 82.5 Å². The van der Waals surface area contributed by atoms with E-state index in [9.17, 15) is 48.6 Å². The van der Waals surface area contributed by atoms with E-state index in [0.717, 1.165) is 22.3 Å². The summed E-state index contributed by atoms with van der Waals surface area (Å²) < 4.78 is 35.9. The average Bonchev–Trinajstić information content (AvgIpc) is 1.60. The molecule has 4 bridgehead atoms. The summed E-state index contributed by atoms with van der Waals surface area (Å²) in [5.74, 6) is -4.51. The van der Waals surface area contributed by atoms with Crippen LogP contribution in [0.5, 0.6) is 5.75 Å². The molecule has 6 rings (SSSR count). The first kappa shape index (κ1) is 75.9. The number of nitrogens with zero attached hydrogens (tertiary/aromatic N) is 3. The zero-order valence-corrected chi connectivity index (χ0v) is 58.7. The number of alkyl carbamates (subject to hydrolysis) is 1. The molecule has 6 amide bonds. The van der Waals surface area contributed by atoms with Crippen molar-refractivity contribution in [2.75, 3.05) is 55.7 Å². The number of aliphatic hydroxyl groups is 2. The van der Waals surface area contributed by atoms with Crippen LogP contribution < -0.4 is 42.0 Å². The number of alkyl halides is 2. The second-order valence-corrected chi connectivity index (χ2v) is 26.8. The van der Waals surface area contributed by atoms with Crippen LogP contribution in [-0.4, -0.2) is 185 Å². The lowest BCUT2D eigenvalue weighted by molar-refractivity contribution is -0.158. The monoisotopic (exact) mass is 1450 g/mol. The van der Waals surface area contributed by atoms with E-state index in [0.29, 0.717) is 53.2 Å². The summed E-state index contributed by atoms with van der Waals surface area (Å²) in [7, 11) is 5.78. The van der Waals surface area contributed by atoms with E-state index in [2.05, 4.69) is 63.4 Å². The van der Waals surface area contributed by atoms with E-state index < -0.39 is 125 Å². The number of esters is 1. The zero-order chi connectivity index (χ0) is 68.9. The van der Waals surface area contributed by atoms with Gasteiger partial charge in [0.05, 0.1) is 47.7 Å². The summed E-state index contributed by atoms with van der Waals surface area (Å²) >= 11 is 13.6. The van der Waals surface area contributed by atoms with Crippen LogP contribution >= 0.6 is 43.5 Å². The third-order valence-electron chi connectivity index (χ3n) is 17.2. The Morgan fingerprint density at radius 3 is 2.41 bits per heavy atom. The van der Waals surface area contributed by atoms with Crippen molar-refractivity contribution in [1.29, 1.82) is 0 Å². The van der Waals surface area contributed by atoms with E-state index in [-0.39, 0.29) is 59.9 Å². The Labute approximate surface area is 564 Å². The maximum atomic E-state index is 14.7. The lowest BCUT2D eigenvalue weighted by Gasteiger charge is -2.42. The number of nitrogens with one attached hydrogen (secondary N) is 5. The molecule has 0 spiro atoms.